The number of benzene rings is 1. The topological polar surface area (TPSA) is 88.6 Å². The molecule has 0 spiro atoms. The molecule has 2 heterocycles. The number of aromatic carboxylic acids is 1. The molecular weight excluding hydrogens is 385 g/mol. The molecule has 2 aromatic rings. The number of hydrogen-bond donors (Lipinski definition) is 2. The van der Waals surface area contributed by atoms with Crippen LogP contribution in [0.3, 0.4) is 0 Å². The summed E-state index contributed by atoms with van der Waals surface area (Å²) in [5.74, 6) is -1.63. The van der Waals surface area contributed by atoms with Crippen LogP contribution in [0.25, 0.3) is 10.9 Å². The summed E-state index contributed by atoms with van der Waals surface area (Å²) in [5.41, 5.74) is 5.83. The molecule has 8 heteroatoms. The van der Waals surface area contributed by atoms with Crippen molar-refractivity contribution in [1.82, 2.24) is 4.57 Å². The summed E-state index contributed by atoms with van der Waals surface area (Å²) < 4.78 is 16.9. The van der Waals surface area contributed by atoms with Crippen LogP contribution in [0, 0.1) is 17.2 Å². The van der Waals surface area contributed by atoms with Crippen molar-refractivity contribution >= 4 is 34.2 Å². The number of fused-ring (bicyclic) bond motifs is 2. The standard InChI is InChI=1S/C20H21ClFN3O3/c1-20-5-14(23)12(20)7-24(8-20)17-13(22)4-10-16(15(17)21)25(9-2-3-9)6-11(18(10)26)19(27)28/h4,6,9,12,14H,2-3,5,7-8,23H2,1H3,(H,27,28). The van der Waals surface area contributed by atoms with Gasteiger partial charge in [0.2, 0.25) is 5.43 Å². The first-order chi connectivity index (χ1) is 13.2. The number of nitrogens with two attached hydrogens (primary N) is 1. The minimum atomic E-state index is -1.32. The van der Waals surface area contributed by atoms with Gasteiger partial charge < -0.3 is 20.3 Å². The molecule has 3 atom stereocenters. The Hall–Kier alpha value is -2.12. The van der Waals surface area contributed by atoms with Crippen LogP contribution in [0.1, 0.15) is 42.6 Å². The van der Waals surface area contributed by atoms with Crippen molar-refractivity contribution in [1.29, 1.82) is 0 Å². The molecule has 0 bridgehead atoms. The predicted octanol–water partition coefficient (Wildman–Crippen LogP) is 3.00. The van der Waals surface area contributed by atoms with Gasteiger partial charge in [0.1, 0.15) is 11.4 Å². The van der Waals surface area contributed by atoms with E-state index in [0.717, 1.165) is 25.3 Å². The molecular formula is C20H21ClFN3O3. The molecule has 148 valence electrons. The largest absolute Gasteiger partial charge is 0.477 e. The molecule has 3 fully saturated rings. The van der Waals surface area contributed by atoms with Gasteiger partial charge in [0.05, 0.1) is 21.6 Å². The molecule has 1 aliphatic heterocycles. The Kier molecular flexibility index (Phi) is 3.65. The van der Waals surface area contributed by atoms with Gasteiger partial charge >= 0.3 is 5.97 Å². The highest BCUT2D eigenvalue weighted by atomic mass is 35.5. The molecule has 3 unspecified atom stereocenters. The van der Waals surface area contributed by atoms with E-state index in [-0.39, 0.29) is 39.2 Å². The van der Waals surface area contributed by atoms with Crippen molar-refractivity contribution in [3.63, 3.8) is 0 Å². The summed E-state index contributed by atoms with van der Waals surface area (Å²) >= 11 is 6.69. The molecule has 1 aromatic carbocycles. The summed E-state index contributed by atoms with van der Waals surface area (Å²) in [6, 6.07) is 1.34. The molecule has 1 aromatic heterocycles. The lowest BCUT2D eigenvalue weighted by atomic mass is 9.60. The fourth-order valence-electron chi connectivity index (χ4n) is 5.15. The van der Waals surface area contributed by atoms with Crippen molar-refractivity contribution in [2.75, 3.05) is 18.0 Å². The van der Waals surface area contributed by atoms with Crippen LogP contribution in [-0.2, 0) is 0 Å². The van der Waals surface area contributed by atoms with E-state index >= 15 is 4.39 Å². The van der Waals surface area contributed by atoms with Crippen LogP contribution >= 0.6 is 11.6 Å². The van der Waals surface area contributed by atoms with Crippen LogP contribution in [0.5, 0.6) is 0 Å². The van der Waals surface area contributed by atoms with Gasteiger partial charge in [-0.2, -0.15) is 0 Å². The highest BCUT2D eigenvalue weighted by Gasteiger charge is 2.55. The lowest BCUT2D eigenvalue weighted by Gasteiger charge is -2.46. The molecule has 0 amide bonds. The molecule has 0 radical (unpaired) electrons. The van der Waals surface area contributed by atoms with Crippen molar-refractivity contribution < 1.29 is 14.3 Å². The Labute approximate surface area is 165 Å². The Morgan fingerprint density at radius 3 is 2.71 bits per heavy atom. The third-order valence-corrected chi connectivity index (χ3v) is 7.11. The Morgan fingerprint density at radius 1 is 1.43 bits per heavy atom. The first-order valence-electron chi connectivity index (χ1n) is 9.52. The highest BCUT2D eigenvalue weighted by Crippen LogP contribution is 2.53. The van der Waals surface area contributed by atoms with Crippen molar-refractivity contribution in [3.8, 4) is 0 Å². The quantitative estimate of drug-likeness (QED) is 0.819. The second-order valence-electron chi connectivity index (χ2n) is 8.74. The monoisotopic (exact) mass is 405 g/mol. The van der Waals surface area contributed by atoms with Crippen molar-refractivity contribution in [2.24, 2.45) is 17.1 Å². The fraction of sp³-hybridized carbons (Fsp3) is 0.500. The number of carboxylic acid groups (broad SMARTS) is 1. The molecule has 2 aliphatic carbocycles. The number of rotatable bonds is 3. The summed E-state index contributed by atoms with van der Waals surface area (Å²) in [4.78, 5) is 26.1. The second-order valence-corrected chi connectivity index (χ2v) is 9.12. The molecule has 6 nitrogen and oxygen atoms in total. The Morgan fingerprint density at radius 2 is 2.14 bits per heavy atom. The molecule has 1 saturated heterocycles. The maximum absolute atomic E-state index is 15.1. The van der Waals surface area contributed by atoms with Gasteiger partial charge in [-0.05, 0) is 36.7 Å². The van der Waals surface area contributed by atoms with Gasteiger partial charge in [-0.3, -0.25) is 4.79 Å². The number of anilines is 1. The Balaban J connectivity index is 1.73. The SMILES string of the molecule is CC12CC(N)C1CN(c1c(F)cc3c(=O)c(C(=O)O)cn(C4CC4)c3c1Cl)C2. The van der Waals surface area contributed by atoms with Crippen LogP contribution in [0.2, 0.25) is 5.02 Å². The zero-order valence-corrected chi connectivity index (χ0v) is 16.2. The number of aromatic nitrogens is 1. The van der Waals surface area contributed by atoms with E-state index in [1.54, 1.807) is 4.57 Å². The van der Waals surface area contributed by atoms with Gasteiger partial charge in [-0.25, -0.2) is 9.18 Å². The van der Waals surface area contributed by atoms with Crippen LogP contribution < -0.4 is 16.1 Å². The highest BCUT2D eigenvalue weighted by molar-refractivity contribution is 6.38. The lowest BCUT2D eigenvalue weighted by molar-refractivity contribution is 0.0694. The van der Waals surface area contributed by atoms with Gasteiger partial charge in [-0.15, -0.1) is 0 Å². The summed E-state index contributed by atoms with van der Waals surface area (Å²) in [6.45, 7) is 3.45. The maximum atomic E-state index is 15.1. The maximum Gasteiger partial charge on any atom is 0.341 e. The van der Waals surface area contributed by atoms with Gasteiger partial charge in [0.15, 0.2) is 0 Å². The molecule has 28 heavy (non-hydrogen) atoms. The number of halogens is 2. The molecule has 3 N–H and O–H groups in total. The minimum Gasteiger partial charge on any atom is -0.477 e. The second kappa shape index (κ2) is 5.70. The first kappa shape index (κ1) is 17.9. The van der Waals surface area contributed by atoms with E-state index in [4.69, 9.17) is 17.3 Å². The van der Waals surface area contributed by atoms with E-state index in [1.165, 1.54) is 6.20 Å². The van der Waals surface area contributed by atoms with Gasteiger partial charge in [0, 0.05) is 31.4 Å². The molecule has 3 aliphatic rings. The number of pyridine rings is 1. The van der Waals surface area contributed by atoms with E-state index < -0.39 is 17.2 Å². The number of carbonyl (C=O) groups is 1. The number of nitrogens with zero attached hydrogens (tertiary/aromatic N) is 2. The van der Waals surface area contributed by atoms with E-state index in [2.05, 4.69) is 6.92 Å². The van der Waals surface area contributed by atoms with Crippen molar-refractivity contribution in [3.05, 3.63) is 38.9 Å². The third-order valence-electron chi connectivity index (χ3n) is 6.75. The lowest BCUT2D eigenvalue weighted by Crippen LogP contribution is -2.53. The first-order valence-corrected chi connectivity index (χ1v) is 9.90. The van der Waals surface area contributed by atoms with E-state index in [0.29, 0.717) is 24.5 Å². The minimum absolute atomic E-state index is 0.0168. The zero-order chi connectivity index (χ0) is 20.0. The van der Waals surface area contributed by atoms with Gasteiger partial charge in [0.25, 0.3) is 0 Å². The third kappa shape index (κ3) is 2.35. The zero-order valence-electron chi connectivity index (χ0n) is 15.4. The van der Waals surface area contributed by atoms with Crippen LogP contribution in [0.4, 0.5) is 10.1 Å². The predicted molar refractivity (Wildman–Crippen MR) is 105 cm³/mol. The average Bonchev–Trinajstić information content (AvgIpc) is 3.41. The van der Waals surface area contributed by atoms with Crippen LogP contribution in [-0.4, -0.2) is 34.8 Å². The number of carboxylic acids is 1. The Bertz CT molecular complexity index is 1100. The average molecular weight is 406 g/mol. The van der Waals surface area contributed by atoms with E-state index in [9.17, 15) is 14.7 Å². The normalized spacial score (nSPS) is 29.1. The summed E-state index contributed by atoms with van der Waals surface area (Å²) in [7, 11) is 0. The summed E-state index contributed by atoms with van der Waals surface area (Å²) in [6.07, 6.45) is 4.00. The smallest absolute Gasteiger partial charge is 0.341 e. The van der Waals surface area contributed by atoms with Crippen molar-refractivity contribution in [2.45, 2.75) is 38.3 Å². The van der Waals surface area contributed by atoms with Gasteiger partial charge in [-0.1, -0.05) is 18.5 Å². The van der Waals surface area contributed by atoms with Crippen LogP contribution in [0.15, 0.2) is 17.1 Å². The van der Waals surface area contributed by atoms with E-state index in [1.807, 2.05) is 4.90 Å². The molecule has 2 saturated carbocycles. The summed E-state index contributed by atoms with van der Waals surface area (Å²) in [5, 5.41) is 9.57. The molecule has 5 rings (SSSR count). The fourth-order valence-corrected chi connectivity index (χ4v) is 5.56. The number of hydrogen-bond acceptors (Lipinski definition) is 4.